The lowest BCUT2D eigenvalue weighted by Gasteiger charge is -2.32. The van der Waals surface area contributed by atoms with E-state index in [2.05, 4.69) is 5.10 Å². The zero-order valence-electron chi connectivity index (χ0n) is 14.6. The molecule has 4 rings (SSSR count). The molecular formula is C19H21N3O4. The summed E-state index contributed by atoms with van der Waals surface area (Å²) in [6, 6.07) is 10.5. The number of carbonyl (C=O) groups excluding carboxylic acids is 2. The van der Waals surface area contributed by atoms with Gasteiger partial charge in [0.25, 0.3) is 11.5 Å². The third-order valence-electron chi connectivity index (χ3n) is 5.69. The molecule has 1 aromatic carbocycles. The number of nitrogens with one attached hydrogen (secondary N) is 1. The van der Waals surface area contributed by atoms with E-state index in [1.165, 1.54) is 17.9 Å². The summed E-state index contributed by atoms with van der Waals surface area (Å²) in [5.74, 6) is -0.348. The Balaban J connectivity index is 1.45. The van der Waals surface area contributed by atoms with Gasteiger partial charge in [0.15, 0.2) is 0 Å². The smallest absolute Gasteiger partial charge is 0.309 e. The highest BCUT2D eigenvalue weighted by Crippen LogP contribution is 2.59. The summed E-state index contributed by atoms with van der Waals surface area (Å²) in [7, 11) is 1.42. The average molecular weight is 355 g/mol. The molecule has 0 radical (unpaired) electrons. The van der Waals surface area contributed by atoms with E-state index < -0.39 is 0 Å². The number of aromatic nitrogens is 2. The Hall–Kier alpha value is -2.83. The zero-order chi connectivity index (χ0) is 18.3. The molecule has 1 N–H and O–H groups in total. The van der Waals surface area contributed by atoms with Gasteiger partial charge in [-0.05, 0) is 36.8 Å². The van der Waals surface area contributed by atoms with Gasteiger partial charge in [-0.15, -0.1) is 0 Å². The highest BCUT2D eigenvalue weighted by Gasteiger charge is 2.59. The van der Waals surface area contributed by atoms with Crippen LogP contribution < -0.4 is 5.56 Å². The minimum absolute atomic E-state index is 0.00719. The summed E-state index contributed by atoms with van der Waals surface area (Å²) in [5, 5.41) is 2.91. The number of methoxy groups -OCH3 is 1. The Labute approximate surface area is 150 Å². The number of benzene rings is 1. The van der Waals surface area contributed by atoms with Crippen LogP contribution in [0.1, 0.15) is 29.8 Å². The third kappa shape index (κ3) is 2.73. The van der Waals surface area contributed by atoms with Gasteiger partial charge in [0.2, 0.25) is 0 Å². The highest BCUT2D eigenvalue weighted by atomic mass is 16.5. The van der Waals surface area contributed by atoms with Crippen LogP contribution in [0, 0.1) is 11.3 Å². The molecular weight excluding hydrogens is 334 g/mol. The molecule has 7 nitrogen and oxygen atoms in total. The third-order valence-corrected chi connectivity index (χ3v) is 5.69. The predicted octanol–water partition coefficient (Wildman–Crippen LogP) is 1.58. The first kappa shape index (κ1) is 16.6. The summed E-state index contributed by atoms with van der Waals surface area (Å²) in [4.78, 5) is 38.4. The molecule has 2 aromatic rings. The largest absolute Gasteiger partial charge is 0.469 e. The Morgan fingerprint density at radius 2 is 1.88 bits per heavy atom. The topological polar surface area (TPSA) is 84.4 Å². The molecule has 2 heterocycles. The first-order chi connectivity index (χ1) is 12.5. The molecule has 2 aliphatic rings. The van der Waals surface area contributed by atoms with Gasteiger partial charge in [-0.3, -0.25) is 19.5 Å². The molecule has 1 amide bonds. The molecule has 2 fully saturated rings. The molecule has 1 aliphatic heterocycles. The predicted molar refractivity (Wildman–Crippen MR) is 94.1 cm³/mol. The number of ether oxygens (including phenoxy) is 1. The normalized spacial score (nSPS) is 20.8. The second-order valence-corrected chi connectivity index (χ2v) is 7.11. The van der Waals surface area contributed by atoms with Crippen LogP contribution in [0.15, 0.2) is 41.2 Å². The summed E-state index contributed by atoms with van der Waals surface area (Å²) in [6.45, 7) is 1.18. The molecule has 1 aliphatic carbocycles. The number of esters is 1. The summed E-state index contributed by atoms with van der Waals surface area (Å²) < 4.78 is 6.21. The lowest BCUT2D eigenvalue weighted by Crippen LogP contribution is -2.40. The van der Waals surface area contributed by atoms with Crippen LogP contribution in [0.25, 0.3) is 5.69 Å². The van der Waals surface area contributed by atoms with Crippen molar-refractivity contribution in [3.8, 4) is 5.69 Å². The Morgan fingerprint density at radius 1 is 1.19 bits per heavy atom. The number of H-pyrrole nitrogens is 1. The van der Waals surface area contributed by atoms with Crippen LogP contribution >= 0.6 is 0 Å². The summed E-state index contributed by atoms with van der Waals surface area (Å²) in [6.07, 6.45) is 2.44. The summed E-state index contributed by atoms with van der Waals surface area (Å²) >= 11 is 0. The first-order valence-corrected chi connectivity index (χ1v) is 8.79. The van der Waals surface area contributed by atoms with E-state index in [-0.39, 0.29) is 34.5 Å². The minimum Gasteiger partial charge on any atom is -0.469 e. The Bertz CT molecular complexity index is 891. The maximum absolute atomic E-state index is 12.8. The van der Waals surface area contributed by atoms with E-state index in [0.717, 1.165) is 19.3 Å². The minimum atomic E-state index is -0.263. The van der Waals surface area contributed by atoms with Gasteiger partial charge in [-0.25, -0.2) is 4.68 Å². The van der Waals surface area contributed by atoms with Crippen molar-refractivity contribution < 1.29 is 14.3 Å². The fourth-order valence-corrected chi connectivity index (χ4v) is 3.98. The quantitative estimate of drug-likeness (QED) is 0.847. The standard InChI is InChI=1S/C19H21N3O4/c1-26-18(25)14-12-19(14)7-9-21(10-8-19)17(24)15-11-16(23)22(20-15)13-5-3-2-4-6-13/h2-6,11,14,20H,7-10,12H2,1H3. The number of hydrogen-bond acceptors (Lipinski definition) is 4. The molecule has 1 saturated carbocycles. The average Bonchev–Trinajstić information content (AvgIpc) is 3.23. The first-order valence-electron chi connectivity index (χ1n) is 8.79. The number of amides is 1. The van der Waals surface area contributed by atoms with Crippen molar-refractivity contribution >= 4 is 11.9 Å². The number of rotatable bonds is 3. The van der Waals surface area contributed by atoms with Crippen LogP contribution in [-0.2, 0) is 9.53 Å². The van der Waals surface area contributed by atoms with Crippen LogP contribution in [0.4, 0.5) is 0 Å². The van der Waals surface area contributed by atoms with E-state index in [9.17, 15) is 14.4 Å². The Morgan fingerprint density at radius 3 is 2.54 bits per heavy atom. The van der Waals surface area contributed by atoms with Gasteiger partial charge in [0, 0.05) is 19.2 Å². The van der Waals surface area contributed by atoms with Crippen LogP contribution in [-0.4, -0.2) is 46.8 Å². The van der Waals surface area contributed by atoms with Crippen LogP contribution in [0.3, 0.4) is 0 Å². The van der Waals surface area contributed by atoms with E-state index in [1.807, 2.05) is 18.2 Å². The number of hydrogen-bond donors (Lipinski definition) is 1. The molecule has 1 spiro atoms. The maximum Gasteiger partial charge on any atom is 0.309 e. The molecule has 1 saturated heterocycles. The lowest BCUT2D eigenvalue weighted by molar-refractivity contribution is -0.143. The zero-order valence-corrected chi connectivity index (χ0v) is 14.6. The van der Waals surface area contributed by atoms with Crippen molar-refractivity contribution in [2.24, 2.45) is 11.3 Å². The fourth-order valence-electron chi connectivity index (χ4n) is 3.98. The number of likely N-dealkylation sites (tertiary alicyclic amines) is 1. The lowest BCUT2D eigenvalue weighted by atomic mass is 9.90. The Kier molecular flexibility index (Phi) is 3.94. The monoisotopic (exact) mass is 355 g/mol. The van der Waals surface area contributed by atoms with E-state index >= 15 is 0 Å². The van der Waals surface area contributed by atoms with Gasteiger partial charge < -0.3 is 9.64 Å². The van der Waals surface area contributed by atoms with Gasteiger partial charge in [-0.1, -0.05) is 18.2 Å². The van der Waals surface area contributed by atoms with E-state index in [4.69, 9.17) is 4.74 Å². The number of para-hydroxylation sites is 1. The fraction of sp³-hybridized carbons (Fsp3) is 0.421. The van der Waals surface area contributed by atoms with Gasteiger partial charge in [-0.2, -0.15) is 0 Å². The van der Waals surface area contributed by atoms with Gasteiger partial charge in [0.1, 0.15) is 5.69 Å². The van der Waals surface area contributed by atoms with Crippen molar-refractivity contribution in [3.63, 3.8) is 0 Å². The number of carbonyl (C=O) groups is 2. The van der Waals surface area contributed by atoms with Crippen LogP contribution in [0.5, 0.6) is 0 Å². The molecule has 0 bridgehead atoms. The molecule has 1 unspecified atom stereocenters. The van der Waals surface area contributed by atoms with Crippen molar-refractivity contribution in [1.82, 2.24) is 14.7 Å². The number of piperidine rings is 1. The highest BCUT2D eigenvalue weighted by molar-refractivity contribution is 5.92. The van der Waals surface area contributed by atoms with Crippen LogP contribution in [0.2, 0.25) is 0 Å². The second kappa shape index (κ2) is 6.16. The van der Waals surface area contributed by atoms with E-state index in [0.29, 0.717) is 18.8 Å². The number of nitrogens with zero attached hydrogens (tertiary/aromatic N) is 2. The maximum atomic E-state index is 12.8. The number of aromatic amines is 1. The van der Waals surface area contributed by atoms with Crippen molar-refractivity contribution in [1.29, 1.82) is 0 Å². The van der Waals surface area contributed by atoms with Crippen molar-refractivity contribution in [3.05, 3.63) is 52.4 Å². The molecule has 136 valence electrons. The SMILES string of the molecule is COC(=O)C1CC12CCN(C(=O)c1cc(=O)n(-c3ccccc3)[nH]1)CC2. The van der Waals surface area contributed by atoms with E-state index in [1.54, 1.807) is 17.0 Å². The second-order valence-electron chi connectivity index (χ2n) is 7.11. The molecule has 1 aromatic heterocycles. The van der Waals surface area contributed by atoms with Crippen molar-refractivity contribution in [2.45, 2.75) is 19.3 Å². The molecule has 7 heteroatoms. The molecule has 1 atom stereocenters. The summed E-state index contributed by atoms with van der Waals surface area (Å²) in [5.41, 5.74) is 0.719. The molecule has 26 heavy (non-hydrogen) atoms. The van der Waals surface area contributed by atoms with Gasteiger partial charge >= 0.3 is 5.97 Å². The van der Waals surface area contributed by atoms with Gasteiger partial charge in [0.05, 0.1) is 18.7 Å². The van der Waals surface area contributed by atoms with Crippen molar-refractivity contribution in [2.75, 3.05) is 20.2 Å².